The summed E-state index contributed by atoms with van der Waals surface area (Å²) in [6.07, 6.45) is 1.21. The summed E-state index contributed by atoms with van der Waals surface area (Å²) in [6.45, 7) is 4.74. The first kappa shape index (κ1) is 8.53. The van der Waals surface area contributed by atoms with Gasteiger partial charge in [-0.2, -0.15) is 0 Å². The van der Waals surface area contributed by atoms with Crippen LogP contribution in [0, 0.1) is 5.92 Å². The molecule has 0 bridgehead atoms. The van der Waals surface area contributed by atoms with Crippen LogP contribution in [0.1, 0.15) is 13.3 Å². The molecule has 1 saturated heterocycles. The molecule has 1 atom stereocenters. The third kappa shape index (κ3) is 2.50. The third-order valence-electron chi connectivity index (χ3n) is 2.09. The van der Waals surface area contributed by atoms with Gasteiger partial charge in [-0.1, -0.05) is 6.92 Å². The average molecular weight is 157 g/mol. The summed E-state index contributed by atoms with van der Waals surface area (Å²) in [5.74, 6) is 0.610. The molecule has 0 N–H and O–H groups in total. The van der Waals surface area contributed by atoms with Crippen LogP contribution in [0.4, 0.5) is 0 Å². The molecule has 0 spiro atoms. The molecule has 0 aromatic rings. The van der Waals surface area contributed by atoms with Crippen molar-refractivity contribution in [2.45, 2.75) is 13.3 Å². The lowest BCUT2D eigenvalue weighted by Gasteiger charge is -2.12. The zero-order valence-corrected chi connectivity index (χ0v) is 7.17. The lowest BCUT2D eigenvalue weighted by atomic mass is 10.2. The zero-order valence-electron chi connectivity index (χ0n) is 7.17. The number of carbonyl (C=O) groups is 1. The SMILES string of the molecule is COC(=O)CN1CCC(C)C1. The Morgan fingerprint density at radius 1 is 1.73 bits per heavy atom. The van der Waals surface area contributed by atoms with Gasteiger partial charge in [0.1, 0.15) is 0 Å². The number of methoxy groups -OCH3 is 1. The first-order valence-corrected chi connectivity index (χ1v) is 4.01. The Morgan fingerprint density at radius 3 is 2.91 bits per heavy atom. The van der Waals surface area contributed by atoms with Gasteiger partial charge in [-0.15, -0.1) is 0 Å². The number of hydrogen-bond acceptors (Lipinski definition) is 3. The first-order valence-electron chi connectivity index (χ1n) is 4.01. The van der Waals surface area contributed by atoms with Crippen molar-refractivity contribution in [3.8, 4) is 0 Å². The molecule has 0 aliphatic carbocycles. The van der Waals surface area contributed by atoms with Crippen LogP contribution in [0.25, 0.3) is 0 Å². The van der Waals surface area contributed by atoms with Gasteiger partial charge in [-0.3, -0.25) is 9.69 Å². The maximum Gasteiger partial charge on any atom is 0.319 e. The van der Waals surface area contributed by atoms with Crippen LogP contribution < -0.4 is 0 Å². The van der Waals surface area contributed by atoms with Crippen LogP contribution in [-0.4, -0.2) is 37.6 Å². The summed E-state index contributed by atoms with van der Waals surface area (Å²) in [6, 6.07) is 0. The fourth-order valence-corrected chi connectivity index (χ4v) is 1.42. The number of carbonyl (C=O) groups excluding carboxylic acids is 1. The van der Waals surface area contributed by atoms with E-state index in [1.807, 2.05) is 0 Å². The molecule has 1 rings (SSSR count). The second-order valence-corrected chi connectivity index (χ2v) is 3.21. The normalized spacial score (nSPS) is 25.5. The molecule has 1 unspecified atom stereocenters. The van der Waals surface area contributed by atoms with E-state index < -0.39 is 0 Å². The fraction of sp³-hybridized carbons (Fsp3) is 0.875. The standard InChI is InChI=1S/C8H15NO2/c1-7-3-4-9(5-7)6-8(10)11-2/h7H,3-6H2,1-2H3. The van der Waals surface area contributed by atoms with E-state index in [2.05, 4.69) is 16.6 Å². The Morgan fingerprint density at radius 2 is 2.45 bits per heavy atom. The van der Waals surface area contributed by atoms with Crippen molar-refractivity contribution < 1.29 is 9.53 Å². The zero-order chi connectivity index (χ0) is 8.27. The van der Waals surface area contributed by atoms with Crippen molar-refractivity contribution in [3.63, 3.8) is 0 Å². The largest absolute Gasteiger partial charge is 0.468 e. The van der Waals surface area contributed by atoms with Gasteiger partial charge in [0.15, 0.2) is 0 Å². The molecule has 0 amide bonds. The number of ether oxygens (including phenoxy) is 1. The predicted octanol–water partition coefficient (Wildman–Crippen LogP) is 0.501. The van der Waals surface area contributed by atoms with Gasteiger partial charge in [-0.05, 0) is 18.9 Å². The molecular weight excluding hydrogens is 142 g/mol. The molecule has 0 radical (unpaired) electrons. The van der Waals surface area contributed by atoms with Crippen molar-refractivity contribution in [2.24, 2.45) is 5.92 Å². The molecule has 1 aliphatic heterocycles. The van der Waals surface area contributed by atoms with Gasteiger partial charge < -0.3 is 4.74 Å². The maximum absolute atomic E-state index is 10.8. The van der Waals surface area contributed by atoms with Gasteiger partial charge in [0, 0.05) is 6.54 Å². The van der Waals surface area contributed by atoms with E-state index in [1.54, 1.807) is 0 Å². The first-order chi connectivity index (χ1) is 5.22. The molecule has 0 aromatic heterocycles. The highest BCUT2D eigenvalue weighted by molar-refractivity contribution is 5.71. The van der Waals surface area contributed by atoms with Crippen LogP contribution in [0.5, 0.6) is 0 Å². The average Bonchev–Trinajstić information content (AvgIpc) is 2.35. The lowest BCUT2D eigenvalue weighted by molar-refractivity contribution is -0.141. The van der Waals surface area contributed by atoms with E-state index >= 15 is 0 Å². The second kappa shape index (κ2) is 3.72. The number of rotatable bonds is 2. The molecule has 0 aromatic carbocycles. The summed E-state index contributed by atoms with van der Waals surface area (Å²) < 4.78 is 4.57. The Hall–Kier alpha value is -0.570. The lowest BCUT2D eigenvalue weighted by Crippen LogP contribution is -2.28. The summed E-state index contributed by atoms with van der Waals surface area (Å²) in [4.78, 5) is 12.9. The van der Waals surface area contributed by atoms with Crippen LogP contribution in [0.3, 0.4) is 0 Å². The summed E-state index contributed by atoms with van der Waals surface area (Å²) >= 11 is 0. The molecule has 0 saturated carbocycles. The number of esters is 1. The van der Waals surface area contributed by atoms with Crippen molar-refractivity contribution >= 4 is 5.97 Å². The highest BCUT2D eigenvalue weighted by Crippen LogP contribution is 2.13. The minimum atomic E-state index is -0.126. The highest BCUT2D eigenvalue weighted by atomic mass is 16.5. The molecule has 1 fully saturated rings. The number of hydrogen-bond donors (Lipinski definition) is 0. The highest BCUT2D eigenvalue weighted by Gasteiger charge is 2.20. The van der Waals surface area contributed by atoms with Crippen molar-refractivity contribution in [2.75, 3.05) is 26.7 Å². The van der Waals surface area contributed by atoms with Gasteiger partial charge in [0.05, 0.1) is 13.7 Å². The van der Waals surface area contributed by atoms with Gasteiger partial charge in [0.25, 0.3) is 0 Å². The van der Waals surface area contributed by atoms with Gasteiger partial charge >= 0.3 is 5.97 Å². The Labute approximate surface area is 67.3 Å². The molecule has 64 valence electrons. The Balaban J connectivity index is 2.23. The molecular formula is C8H15NO2. The van der Waals surface area contributed by atoms with Crippen molar-refractivity contribution in [1.29, 1.82) is 0 Å². The summed E-state index contributed by atoms with van der Waals surface area (Å²) in [7, 11) is 1.43. The maximum atomic E-state index is 10.8. The third-order valence-corrected chi connectivity index (χ3v) is 2.09. The van der Waals surface area contributed by atoms with E-state index in [1.165, 1.54) is 13.5 Å². The Bertz CT molecular complexity index is 147. The van der Waals surface area contributed by atoms with E-state index in [0.29, 0.717) is 6.54 Å². The number of nitrogens with zero attached hydrogens (tertiary/aromatic N) is 1. The monoisotopic (exact) mass is 157 g/mol. The second-order valence-electron chi connectivity index (χ2n) is 3.21. The van der Waals surface area contributed by atoms with Crippen LogP contribution in [0.15, 0.2) is 0 Å². The van der Waals surface area contributed by atoms with Gasteiger partial charge in [0.2, 0.25) is 0 Å². The van der Waals surface area contributed by atoms with E-state index in [9.17, 15) is 4.79 Å². The van der Waals surface area contributed by atoms with Crippen molar-refractivity contribution in [3.05, 3.63) is 0 Å². The van der Waals surface area contributed by atoms with E-state index in [0.717, 1.165) is 19.0 Å². The van der Waals surface area contributed by atoms with Crippen LogP contribution in [-0.2, 0) is 9.53 Å². The fourth-order valence-electron chi connectivity index (χ4n) is 1.42. The predicted molar refractivity (Wildman–Crippen MR) is 42.2 cm³/mol. The van der Waals surface area contributed by atoms with E-state index in [-0.39, 0.29) is 5.97 Å². The minimum Gasteiger partial charge on any atom is -0.468 e. The molecule has 1 heterocycles. The topological polar surface area (TPSA) is 29.5 Å². The Kier molecular flexibility index (Phi) is 2.88. The number of likely N-dealkylation sites (tertiary alicyclic amines) is 1. The van der Waals surface area contributed by atoms with Gasteiger partial charge in [-0.25, -0.2) is 0 Å². The summed E-state index contributed by atoms with van der Waals surface area (Å²) in [5.41, 5.74) is 0. The summed E-state index contributed by atoms with van der Waals surface area (Å²) in [5, 5.41) is 0. The van der Waals surface area contributed by atoms with Crippen LogP contribution >= 0.6 is 0 Å². The smallest absolute Gasteiger partial charge is 0.319 e. The minimum absolute atomic E-state index is 0.126. The van der Waals surface area contributed by atoms with Crippen molar-refractivity contribution in [1.82, 2.24) is 4.90 Å². The quantitative estimate of drug-likeness (QED) is 0.547. The molecule has 3 nitrogen and oxygen atoms in total. The molecule has 11 heavy (non-hydrogen) atoms. The van der Waals surface area contributed by atoms with Crippen LogP contribution in [0.2, 0.25) is 0 Å². The molecule has 1 aliphatic rings. The van der Waals surface area contributed by atoms with E-state index in [4.69, 9.17) is 0 Å². The molecule has 3 heteroatoms.